The lowest BCUT2D eigenvalue weighted by molar-refractivity contribution is -0.505. The molecule has 0 N–H and O–H groups in total. The Morgan fingerprint density at radius 1 is 1.04 bits per heavy atom. The summed E-state index contributed by atoms with van der Waals surface area (Å²) < 4.78 is 16.2. The van der Waals surface area contributed by atoms with Gasteiger partial charge in [0.25, 0.3) is 0 Å². The summed E-state index contributed by atoms with van der Waals surface area (Å²) >= 11 is 0. The molecule has 1 aromatic heterocycles. The number of benzene rings is 2. The molecule has 0 spiro atoms. The van der Waals surface area contributed by atoms with E-state index in [4.69, 9.17) is 4.98 Å². The Morgan fingerprint density at radius 2 is 1.78 bits per heavy atom. The lowest BCUT2D eigenvalue weighted by Gasteiger charge is -2.12. The number of para-hydroxylation sites is 1. The number of hydrogen-bond acceptors (Lipinski definition) is 2. The molecule has 0 saturated carbocycles. The van der Waals surface area contributed by atoms with Crippen molar-refractivity contribution in [1.82, 2.24) is 4.98 Å². The van der Waals surface area contributed by atoms with Crippen molar-refractivity contribution in [3.8, 4) is 0 Å². The predicted molar refractivity (Wildman–Crippen MR) is 115 cm³/mol. The predicted octanol–water partition coefficient (Wildman–Crippen LogP) is 5.04. The SMILES string of the molecule is CP=S(=O)(c1ccccc1)c1cnc2c(C(C)=[N+]3CCCC3)cccc2c1. The quantitative estimate of drug-likeness (QED) is 0.460. The van der Waals surface area contributed by atoms with Gasteiger partial charge in [-0.1, -0.05) is 30.3 Å². The highest BCUT2D eigenvalue weighted by Gasteiger charge is 2.21. The molecule has 2 heterocycles. The zero-order chi connectivity index (χ0) is 18.9. The van der Waals surface area contributed by atoms with Crippen molar-refractivity contribution in [2.75, 3.05) is 19.8 Å². The molecule has 1 aliphatic rings. The van der Waals surface area contributed by atoms with E-state index < -0.39 is 9.11 Å². The number of nitrogens with zero attached hydrogens (tertiary/aromatic N) is 2. The number of hydrogen-bond donors (Lipinski definition) is 0. The van der Waals surface area contributed by atoms with Crippen LogP contribution < -0.4 is 0 Å². The first-order valence-corrected chi connectivity index (χ1v) is 12.8. The maximum absolute atomic E-state index is 13.8. The summed E-state index contributed by atoms with van der Waals surface area (Å²) in [7, 11) is -1.49. The smallest absolute Gasteiger partial charge is 0.182 e. The molecule has 27 heavy (non-hydrogen) atoms. The van der Waals surface area contributed by atoms with Crippen LogP contribution in [0.2, 0.25) is 0 Å². The van der Waals surface area contributed by atoms with Gasteiger partial charge in [0, 0.05) is 36.2 Å². The summed E-state index contributed by atoms with van der Waals surface area (Å²) in [5, 5.41) is 1.05. The fourth-order valence-corrected chi connectivity index (χ4v) is 7.39. The molecule has 3 nitrogen and oxygen atoms in total. The molecule has 0 bridgehead atoms. The van der Waals surface area contributed by atoms with E-state index in [1.807, 2.05) is 43.2 Å². The highest BCUT2D eigenvalue weighted by atomic mass is 32.5. The molecule has 1 unspecified atom stereocenters. The molecule has 3 aromatic rings. The summed E-state index contributed by atoms with van der Waals surface area (Å²) in [6.45, 7) is 6.39. The Hall–Kier alpha value is -2.03. The molecule has 2 aromatic carbocycles. The summed E-state index contributed by atoms with van der Waals surface area (Å²) in [6.07, 6.45) is 4.33. The van der Waals surface area contributed by atoms with Crippen LogP contribution in [-0.2, 0) is 9.11 Å². The summed E-state index contributed by atoms with van der Waals surface area (Å²) in [6, 6.07) is 18.1. The van der Waals surface area contributed by atoms with E-state index in [9.17, 15) is 4.21 Å². The van der Waals surface area contributed by atoms with Crippen LogP contribution in [0.25, 0.3) is 10.9 Å². The second-order valence-electron chi connectivity index (χ2n) is 6.85. The van der Waals surface area contributed by atoms with Gasteiger partial charge in [0.2, 0.25) is 0 Å². The van der Waals surface area contributed by atoms with Crippen LogP contribution in [0.1, 0.15) is 25.3 Å². The Kier molecular flexibility index (Phi) is 5.12. The van der Waals surface area contributed by atoms with E-state index >= 15 is 0 Å². The van der Waals surface area contributed by atoms with Crippen LogP contribution in [0.15, 0.2) is 70.6 Å². The fraction of sp³-hybridized carbons (Fsp3) is 0.273. The Bertz CT molecular complexity index is 1140. The maximum atomic E-state index is 13.8. The third kappa shape index (κ3) is 3.33. The minimum atomic E-state index is -2.33. The molecule has 1 atom stereocenters. The van der Waals surface area contributed by atoms with Gasteiger partial charge in [-0.15, -0.1) is 0 Å². The normalized spacial score (nSPS) is 16.6. The molecule has 0 amide bonds. The van der Waals surface area contributed by atoms with Crippen molar-refractivity contribution in [3.63, 3.8) is 0 Å². The average Bonchev–Trinajstić information content (AvgIpc) is 3.27. The van der Waals surface area contributed by atoms with Crippen LogP contribution in [0.5, 0.6) is 0 Å². The number of pyridine rings is 1. The Labute approximate surface area is 162 Å². The van der Waals surface area contributed by atoms with Gasteiger partial charge in [-0.05, 0) is 38.3 Å². The molecule has 1 saturated heterocycles. The van der Waals surface area contributed by atoms with Gasteiger partial charge in [-0.25, -0.2) is 4.58 Å². The zero-order valence-corrected chi connectivity index (χ0v) is 17.5. The van der Waals surface area contributed by atoms with Gasteiger partial charge in [-0.3, -0.25) is 9.19 Å². The van der Waals surface area contributed by atoms with E-state index in [0.29, 0.717) is 0 Å². The topological polar surface area (TPSA) is 33.0 Å². The monoisotopic (exact) mass is 395 g/mol. The third-order valence-electron chi connectivity index (χ3n) is 5.30. The van der Waals surface area contributed by atoms with Crippen LogP contribution in [0.3, 0.4) is 0 Å². The molecular weight excluding hydrogens is 371 g/mol. The van der Waals surface area contributed by atoms with Crippen molar-refractivity contribution in [2.45, 2.75) is 29.6 Å². The Balaban J connectivity index is 1.87. The number of fused-ring (bicyclic) bond motifs is 1. The van der Waals surface area contributed by atoms with E-state index in [1.165, 1.54) is 24.1 Å². The lowest BCUT2D eigenvalue weighted by Crippen LogP contribution is -2.17. The van der Waals surface area contributed by atoms with E-state index in [0.717, 1.165) is 41.1 Å². The molecule has 5 heteroatoms. The minimum absolute atomic E-state index is 0.807. The highest BCUT2D eigenvalue weighted by molar-refractivity contribution is 8.25. The molecule has 1 aliphatic heterocycles. The van der Waals surface area contributed by atoms with Crippen LogP contribution in [0.4, 0.5) is 0 Å². The first kappa shape index (κ1) is 18.3. The van der Waals surface area contributed by atoms with Crippen molar-refractivity contribution in [1.29, 1.82) is 0 Å². The van der Waals surface area contributed by atoms with Crippen LogP contribution >= 0.6 is 7.36 Å². The minimum Gasteiger partial charge on any atom is -0.254 e. The lowest BCUT2D eigenvalue weighted by atomic mass is 10.1. The average molecular weight is 395 g/mol. The molecular formula is C22H24N2OPS+. The van der Waals surface area contributed by atoms with Gasteiger partial charge in [-0.2, -0.15) is 0 Å². The highest BCUT2D eigenvalue weighted by Crippen LogP contribution is 2.30. The molecule has 0 aliphatic carbocycles. The van der Waals surface area contributed by atoms with Crippen molar-refractivity contribution in [2.24, 2.45) is 0 Å². The first-order chi connectivity index (χ1) is 13.1. The largest absolute Gasteiger partial charge is 0.254 e. The first-order valence-electron chi connectivity index (χ1n) is 9.31. The van der Waals surface area contributed by atoms with E-state index in [-0.39, 0.29) is 0 Å². The van der Waals surface area contributed by atoms with Crippen molar-refractivity contribution >= 4 is 33.1 Å². The van der Waals surface area contributed by atoms with Crippen LogP contribution in [-0.4, -0.2) is 39.2 Å². The van der Waals surface area contributed by atoms with Crippen LogP contribution in [0, 0.1) is 0 Å². The second-order valence-corrected chi connectivity index (χ2v) is 11.8. The van der Waals surface area contributed by atoms with Gasteiger partial charge in [0.15, 0.2) is 5.71 Å². The van der Waals surface area contributed by atoms with Gasteiger partial charge in [0.05, 0.1) is 25.1 Å². The van der Waals surface area contributed by atoms with Crippen molar-refractivity contribution < 1.29 is 8.78 Å². The molecule has 0 radical (unpaired) electrons. The van der Waals surface area contributed by atoms with E-state index in [2.05, 4.69) is 35.8 Å². The van der Waals surface area contributed by atoms with Crippen molar-refractivity contribution in [3.05, 3.63) is 66.4 Å². The zero-order valence-electron chi connectivity index (χ0n) is 15.8. The third-order valence-corrected chi connectivity index (χ3v) is 10.4. The standard InChI is InChI=1S/C22H24N2OPS/c1-17(24-13-6-7-14-24)21-12-8-9-18-15-20(16-23-22(18)21)27(25,26-2)19-10-4-3-5-11-19/h3-5,8-12,15-16H,6-7,13-14H2,1-2H3/q+1. The number of rotatable bonds is 3. The fourth-order valence-electron chi connectivity index (χ4n) is 3.76. The van der Waals surface area contributed by atoms with Gasteiger partial charge >= 0.3 is 0 Å². The number of aromatic nitrogens is 1. The Morgan fingerprint density at radius 3 is 2.48 bits per heavy atom. The molecule has 4 rings (SSSR count). The van der Waals surface area contributed by atoms with E-state index in [1.54, 1.807) is 0 Å². The summed E-state index contributed by atoms with van der Waals surface area (Å²) in [5.41, 5.74) is 3.46. The maximum Gasteiger partial charge on any atom is 0.182 e. The summed E-state index contributed by atoms with van der Waals surface area (Å²) in [5.74, 6) is 0. The molecule has 1 fully saturated rings. The molecule has 138 valence electrons. The summed E-state index contributed by atoms with van der Waals surface area (Å²) in [4.78, 5) is 6.46. The van der Waals surface area contributed by atoms with Gasteiger partial charge < -0.3 is 0 Å². The van der Waals surface area contributed by atoms with Gasteiger partial charge in [0.1, 0.15) is 13.1 Å². The second kappa shape index (κ2) is 7.53.